The number of carboxylic acids is 2. The van der Waals surface area contributed by atoms with Crippen LogP contribution in [0, 0.1) is 11.6 Å². The Morgan fingerprint density at radius 2 is 1.24 bits per heavy atom. The number of carbonyl (C=O) groups excluding carboxylic acids is 1. The number of amides is 1. The van der Waals surface area contributed by atoms with Gasteiger partial charge in [-0.05, 0) is 80.2 Å². The number of hydrogen-bond acceptors (Lipinski definition) is 7. The first-order valence-corrected chi connectivity index (χ1v) is 16.9. The van der Waals surface area contributed by atoms with E-state index in [0.717, 1.165) is 0 Å². The lowest BCUT2D eigenvalue weighted by molar-refractivity contribution is -0.137. The number of hydrogen-bond donors (Lipinski definition) is 5. The van der Waals surface area contributed by atoms with E-state index in [0.29, 0.717) is 49.2 Å². The topological polar surface area (TPSA) is 146 Å². The van der Waals surface area contributed by atoms with E-state index in [9.17, 15) is 23.2 Å². The molecule has 0 aliphatic heterocycles. The third kappa shape index (κ3) is 11.5. The van der Waals surface area contributed by atoms with E-state index in [1.165, 1.54) is 12.1 Å². The van der Waals surface area contributed by atoms with Crippen LogP contribution in [0.3, 0.4) is 0 Å². The molecule has 0 saturated heterocycles. The highest BCUT2D eigenvalue weighted by Gasteiger charge is 2.16. The van der Waals surface area contributed by atoms with Crippen molar-refractivity contribution >= 4 is 84.3 Å². The van der Waals surface area contributed by atoms with Crippen LogP contribution in [-0.2, 0) is 29.2 Å². The average molecular weight is 862 g/mol. The van der Waals surface area contributed by atoms with Gasteiger partial charge in [0.15, 0.2) is 17.4 Å². The minimum absolute atomic E-state index is 0.0108. The highest BCUT2D eigenvalue weighted by molar-refractivity contribution is 9.11. The van der Waals surface area contributed by atoms with Gasteiger partial charge >= 0.3 is 11.9 Å². The van der Waals surface area contributed by atoms with Crippen molar-refractivity contribution in [2.24, 2.45) is 0 Å². The SMILES string of the molecule is CNc1cccc(COc2c(Br)cc(C(=O)NCC(=O)O)cc2Br)c1F.CNc1cccc(COc2c(Cl)cc(CCC(=O)O)cc2Cl)c1F. The number of rotatable bonds is 14. The van der Waals surface area contributed by atoms with Gasteiger partial charge in [0.2, 0.25) is 0 Å². The van der Waals surface area contributed by atoms with Gasteiger partial charge in [0.05, 0.1) is 30.4 Å². The molecule has 0 radical (unpaired) electrons. The number of nitrogens with one attached hydrogen (secondary N) is 3. The largest absolute Gasteiger partial charge is 0.486 e. The number of carbonyl (C=O) groups is 3. The highest BCUT2D eigenvalue weighted by atomic mass is 79.9. The van der Waals surface area contributed by atoms with E-state index < -0.39 is 36.0 Å². The van der Waals surface area contributed by atoms with Gasteiger partial charge in [0, 0.05) is 37.2 Å². The van der Waals surface area contributed by atoms with Gasteiger partial charge in [-0.2, -0.15) is 0 Å². The van der Waals surface area contributed by atoms with Crippen LogP contribution < -0.4 is 25.4 Å². The van der Waals surface area contributed by atoms with Crippen molar-refractivity contribution < 1.29 is 42.9 Å². The summed E-state index contributed by atoms with van der Waals surface area (Å²) in [5.41, 5.74) is 2.43. The van der Waals surface area contributed by atoms with Gasteiger partial charge in [-0.25, -0.2) is 8.78 Å². The van der Waals surface area contributed by atoms with Gasteiger partial charge in [0.25, 0.3) is 5.91 Å². The summed E-state index contributed by atoms with van der Waals surface area (Å²) in [6.07, 6.45) is 0.294. The van der Waals surface area contributed by atoms with E-state index in [-0.39, 0.29) is 41.0 Å². The van der Waals surface area contributed by atoms with Crippen molar-refractivity contribution in [1.82, 2.24) is 5.32 Å². The fourth-order valence-electron chi connectivity index (χ4n) is 4.30. The van der Waals surface area contributed by atoms with Crippen LogP contribution in [0.1, 0.15) is 33.5 Å². The van der Waals surface area contributed by atoms with Gasteiger partial charge < -0.3 is 35.6 Å². The second kappa shape index (κ2) is 19.3. The molecule has 0 saturated carbocycles. The first-order chi connectivity index (χ1) is 23.7. The highest BCUT2D eigenvalue weighted by Crippen LogP contribution is 2.37. The predicted octanol–water partition coefficient (Wildman–Crippen LogP) is 8.56. The van der Waals surface area contributed by atoms with Gasteiger partial charge in [-0.3, -0.25) is 14.4 Å². The quantitative estimate of drug-likeness (QED) is 0.0842. The Morgan fingerprint density at radius 3 is 1.68 bits per heavy atom. The summed E-state index contributed by atoms with van der Waals surface area (Å²) >= 11 is 18.9. The number of aryl methyl sites for hydroxylation is 1. The molecule has 0 aliphatic rings. The molecule has 50 heavy (non-hydrogen) atoms. The summed E-state index contributed by atoms with van der Waals surface area (Å²) in [6.45, 7) is -0.522. The molecular formula is C34H31Br2Cl2F2N3O7. The Morgan fingerprint density at radius 1 is 0.760 bits per heavy atom. The zero-order valence-corrected chi connectivity index (χ0v) is 31.2. The molecule has 4 aromatic rings. The molecule has 0 bridgehead atoms. The zero-order chi connectivity index (χ0) is 37.0. The summed E-state index contributed by atoms with van der Waals surface area (Å²) in [5.74, 6) is -2.73. The summed E-state index contributed by atoms with van der Waals surface area (Å²) in [7, 11) is 3.26. The molecule has 16 heteroatoms. The third-order valence-corrected chi connectivity index (χ3v) is 8.53. The number of anilines is 2. The molecule has 10 nitrogen and oxygen atoms in total. The lowest BCUT2D eigenvalue weighted by Gasteiger charge is -2.13. The lowest BCUT2D eigenvalue weighted by Crippen LogP contribution is -2.29. The Balaban J connectivity index is 0.000000271. The van der Waals surface area contributed by atoms with E-state index in [1.54, 1.807) is 62.6 Å². The summed E-state index contributed by atoms with van der Waals surface area (Å²) in [6, 6.07) is 16.1. The number of benzene rings is 4. The standard InChI is InChI=1S/C17H15Br2FN2O4.C17H16Cl2FNO3/c1-21-13-4-2-3-9(15(13)20)8-26-16-11(18)5-10(6-12(16)19)17(25)22-7-14(23)24;1-21-14-4-2-3-11(16(14)20)9-24-17-12(18)7-10(8-13(17)19)5-6-15(22)23/h2-6,21H,7-8H2,1H3,(H,22,25)(H,23,24);2-4,7-8,21H,5-6,9H2,1H3,(H,22,23). The van der Waals surface area contributed by atoms with Crippen LogP contribution in [0.25, 0.3) is 0 Å². The molecule has 0 atom stereocenters. The van der Waals surface area contributed by atoms with Crippen LogP contribution >= 0.6 is 55.1 Å². The number of aliphatic carboxylic acids is 2. The first-order valence-electron chi connectivity index (χ1n) is 14.6. The van der Waals surface area contributed by atoms with Crippen molar-refractivity contribution in [3.63, 3.8) is 0 Å². The monoisotopic (exact) mass is 859 g/mol. The van der Waals surface area contributed by atoms with Gasteiger partial charge in [-0.1, -0.05) is 47.5 Å². The van der Waals surface area contributed by atoms with Crippen molar-refractivity contribution in [1.29, 1.82) is 0 Å². The van der Waals surface area contributed by atoms with Crippen LogP contribution in [0.4, 0.5) is 20.2 Å². The normalized spacial score (nSPS) is 10.4. The fraction of sp³-hybridized carbons (Fsp3) is 0.206. The first kappa shape index (κ1) is 40.3. The molecule has 1 amide bonds. The minimum Gasteiger partial charge on any atom is -0.486 e. The van der Waals surface area contributed by atoms with Crippen molar-refractivity contribution in [2.45, 2.75) is 26.1 Å². The molecule has 4 rings (SSSR count). The molecule has 0 unspecified atom stereocenters. The summed E-state index contributed by atoms with van der Waals surface area (Å²) < 4.78 is 40.6. The number of ether oxygens (including phenoxy) is 2. The van der Waals surface area contributed by atoms with E-state index in [2.05, 4.69) is 47.8 Å². The van der Waals surface area contributed by atoms with Crippen LogP contribution in [-0.4, -0.2) is 48.7 Å². The number of carboxylic acid groups (broad SMARTS) is 2. The summed E-state index contributed by atoms with van der Waals surface area (Å²) in [5, 5.41) is 25.6. The fourth-order valence-corrected chi connectivity index (χ4v) is 6.36. The Bertz CT molecular complexity index is 1820. The van der Waals surface area contributed by atoms with Crippen LogP contribution in [0.2, 0.25) is 10.0 Å². The molecule has 5 N–H and O–H groups in total. The van der Waals surface area contributed by atoms with Crippen molar-refractivity contribution in [3.8, 4) is 11.5 Å². The summed E-state index contributed by atoms with van der Waals surface area (Å²) in [4.78, 5) is 33.1. The smallest absolute Gasteiger partial charge is 0.322 e. The Kier molecular flexibility index (Phi) is 15.6. The molecule has 0 fully saturated rings. The van der Waals surface area contributed by atoms with E-state index >= 15 is 0 Å². The lowest BCUT2D eigenvalue weighted by atomic mass is 10.1. The average Bonchev–Trinajstić information content (AvgIpc) is 3.07. The minimum atomic E-state index is -1.14. The molecule has 0 spiro atoms. The maximum absolute atomic E-state index is 14.2. The maximum atomic E-state index is 14.2. The van der Waals surface area contributed by atoms with Gasteiger partial charge in [0.1, 0.15) is 25.5 Å². The van der Waals surface area contributed by atoms with Crippen LogP contribution in [0.5, 0.6) is 11.5 Å². The molecule has 266 valence electrons. The van der Waals surface area contributed by atoms with Crippen molar-refractivity contribution in [3.05, 3.63) is 114 Å². The molecular weight excluding hydrogens is 831 g/mol. The third-order valence-electron chi connectivity index (χ3n) is 6.79. The molecule has 4 aromatic carbocycles. The van der Waals surface area contributed by atoms with E-state index in [4.69, 9.17) is 42.9 Å². The molecule has 0 heterocycles. The molecule has 0 aliphatic carbocycles. The second-order valence-corrected chi connectivity index (χ2v) is 12.8. The molecule has 0 aromatic heterocycles. The Labute approximate surface area is 313 Å². The predicted molar refractivity (Wildman–Crippen MR) is 195 cm³/mol. The Hall–Kier alpha value is -4.11. The van der Waals surface area contributed by atoms with Gasteiger partial charge in [-0.15, -0.1) is 0 Å². The van der Waals surface area contributed by atoms with E-state index in [1.807, 2.05) is 0 Å². The van der Waals surface area contributed by atoms with Crippen LogP contribution in [0.15, 0.2) is 69.6 Å². The number of halogens is 6. The van der Waals surface area contributed by atoms with Crippen molar-refractivity contribution in [2.75, 3.05) is 31.3 Å². The zero-order valence-electron chi connectivity index (χ0n) is 26.5. The maximum Gasteiger partial charge on any atom is 0.322 e. The second-order valence-electron chi connectivity index (χ2n) is 10.3.